The summed E-state index contributed by atoms with van der Waals surface area (Å²) >= 11 is 6.48. The minimum absolute atomic E-state index is 0.645. The van der Waals surface area contributed by atoms with Gasteiger partial charge in [-0.05, 0) is 43.5 Å². The van der Waals surface area contributed by atoms with Gasteiger partial charge >= 0.3 is 0 Å². The van der Waals surface area contributed by atoms with Crippen molar-refractivity contribution in [1.29, 1.82) is 0 Å². The zero-order valence-corrected chi connectivity index (χ0v) is 13.2. The second-order valence-electron chi connectivity index (χ2n) is 5.38. The van der Waals surface area contributed by atoms with Crippen LogP contribution >= 0.6 is 11.6 Å². The van der Waals surface area contributed by atoms with Crippen LogP contribution in [0.25, 0.3) is 0 Å². The Labute approximate surface area is 127 Å². The molecule has 4 heteroatoms. The number of anilines is 1. The van der Waals surface area contributed by atoms with Crippen molar-refractivity contribution in [3.05, 3.63) is 28.8 Å². The van der Waals surface area contributed by atoms with E-state index in [-0.39, 0.29) is 0 Å². The molecule has 0 amide bonds. The van der Waals surface area contributed by atoms with Gasteiger partial charge in [-0.15, -0.1) is 0 Å². The van der Waals surface area contributed by atoms with E-state index in [1.54, 1.807) is 7.11 Å². The van der Waals surface area contributed by atoms with Crippen LogP contribution in [0.4, 0.5) is 5.69 Å². The summed E-state index contributed by atoms with van der Waals surface area (Å²) in [7, 11) is 1.75. The third-order valence-electron chi connectivity index (χ3n) is 3.60. The third-order valence-corrected chi connectivity index (χ3v) is 3.90. The summed E-state index contributed by atoms with van der Waals surface area (Å²) in [6, 6.07) is 7.05. The molecule has 1 saturated carbocycles. The van der Waals surface area contributed by atoms with Crippen molar-refractivity contribution in [1.82, 2.24) is 5.32 Å². The molecule has 0 saturated heterocycles. The molecular weight excluding hydrogens is 272 g/mol. The topological polar surface area (TPSA) is 24.5 Å². The standard InChI is InChI=1S/C16H25ClN2O/c1-3-8-18-12-13-4-7-16(15(17)11-13)19(9-10-20-2)14-5-6-14/h4,7,11,14,18H,3,5-6,8-10,12H2,1-2H3. The molecule has 0 bridgehead atoms. The third kappa shape index (κ3) is 4.37. The fourth-order valence-electron chi connectivity index (χ4n) is 2.38. The van der Waals surface area contributed by atoms with Gasteiger partial charge in [-0.1, -0.05) is 24.6 Å². The van der Waals surface area contributed by atoms with Crippen LogP contribution in [0.1, 0.15) is 31.7 Å². The number of hydrogen-bond acceptors (Lipinski definition) is 3. The Hall–Kier alpha value is -0.770. The molecule has 0 atom stereocenters. The summed E-state index contributed by atoms with van der Waals surface area (Å²) in [4.78, 5) is 2.38. The summed E-state index contributed by atoms with van der Waals surface area (Å²) in [6.07, 6.45) is 3.68. The minimum atomic E-state index is 0.645. The van der Waals surface area contributed by atoms with E-state index in [2.05, 4.69) is 35.3 Å². The summed E-state index contributed by atoms with van der Waals surface area (Å²) in [5.74, 6) is 0. The number of methoxy groups -OCH3 is 1. The van der Waals surface area contributed by atoms with E-state index in [1.807, 2.05) is 0 Å². The first-order valence-electron chi connectivity index (χ1n) is 7.51. The molecule has 0 radical (unpaired) electrons. The van der Waals surface area contributed by atoms with Gasteiger partial charge in [0.2, 0.25) is 0 Å². The van der Waals surface area contributed by atoms with Gasteiger partial charge in [0.15, 0.2) is 0 Å². The highest BCUT2D eigenvalue weighted by Crippen LogP contribution is 2.35. The van der Waals surface area contributed by atoms with E-state index in [1.165, 1.54) is 18.4 Å². The van der Waals surface area contributed by atoms with Gasteiger partial charge < -0.3 is 15.0 Å². The molecule has 112 valence electrons. The maximum Gasteiger partial charge on any atom is 0.0642 e. The van der Waals surface area contributed by atoms with E-state index in [0.29, 0.717) is 6.04 Å². The maximum atomic E-state index is 6.48. The predicted octanol–water partition coefficient (Wildman–Crippen LogP) is 3.45. The molecule has 20 heavy (non-hydrogen) atoms. The Bertz CT molecular complexity index is 421. The number of ether oxygens (including phenoxy) is 1. The molecule has 1 aliphatic rings. The van der Waals surface area contributed by atoms with Crippen molar-refractivity contribution >= 4 is 17.3 Å². The highest BCUT2D eigenvalue weighted by Gasteiger charge is 2.30. The number of halogens is 1. The van der Waals surface area contributed by atoms with Crippen LogP contribution in [-0.2, 0) is 11.3 Å². The first-order valence-corrected chi connectivity index (χ1v) is 7.88. The zero-order chi connectivity index (χ0) is 14.4. The predicted molar refractivity (Wildman–Crippen MR) is 85.7 cm³/mol. The van der Waals surface area contributed by atoms with Gasteiger partial charge in [-0.25, -0.2) is 0 Å². The van der Waals surface area contributed by atoms with Crippen LogP contribution in [0.3, 0.4) is 0 Å². The Morgan fingerprint density at radius 1 is 1.40 bits per heavy atom. The summed E-state index contributed by atoms with van der Waals surface area (Å²) < 4.78 is 5.21. The zero-order valence-electron chi connectivity index (χ0n) is 12.5. The molecule has 0 spiro atoms. The van der Waals surface area contributed by atoms with Crippen LogP contribution in [0.2, 0.25) is 5.02 Å². The highest BCUT2D eigenvalue weighted by molar-refractivity contribution is 6.33. The van der Waals surface area contributed by atoms with Gasteiger partial charge in [0.25, 0.3) is 0 Å². The molecule has 0 heterocycles. The van der Waals surface area contributed by atoms with Gasteiger partial charge in [-0.2, -0.15) is 0 Å². The number of nitrogens with zero attached hydrogens (tertiary/aromatic N) is 1. The molecule has 1 N–H and O–H groups in total. The first-order chi connectivity index (χ1) is 9.76. The largest absolute Gasteiger partial charge is 0.383 e. The molecule has 1 aromatic rings. The van der Waals surface area contributed by atoms with E-state index in [9.17, 15) is 0 Å². The fraction of sp³-hybridized carbons (Fsp3) is 0.625. The maximum absolute atomic E-state index is 6.48. The van der Waals surface area contributed by atoms with Crippen molar-refractivity contribution in [2.75, 3.05) is 31.7 Å². The molecule has 3 nitrogen and oxygen atoms in total. The molecule has 2 rings (SSSR count). The van der Waals surface area contributed by atoms with Gasteiger partial charge in [0.1, 0.15) is 0 Å². The van der Waals surface area contributed by atoms with Crippen molar-refractivity contribution in [3.63, 3.8) is 0 Å². The number of benzene rings is 1. The minimum Gasteiger partial charge on any atom is -0.383 e. The Kier molecular flexibility index (Phi) is 6.14. The monoisotopic (exact) mass is 296 g/mol. The van der Waals surface area contributed by atoms with E-state index in [4.69, 9.17) is 16.3 Å². The summed E-state index contributed by atoms with van der Waals surface area (Å²) in [5.41, 5.74) is 2.39. The molecule has 0 aromatic heterocycles. The summed E-state index contributed by atoms with van der Waals surface area (Å²) in [6.45, 7) is 5.75. The van der Waals surface area contributed by atoms with E-state index >= 15 is 0 Å². The van der Waals surface area contributed by atoms with Crippen LogP contribution in [0, 0.1) is 0 Å². The van der Waals surface area contributed by atoms with Crippen LogP contribution in [0.15, 0.2) is 18.2 Å². The molecule has 1 aliphatic carbocycles. The second kappa shape index (κ2) is 7.87. The van der Waals surface area contributed by atoms with E-state index < -0.39 is 0 Å². The quantitative estimate of drug-likeness (QED) is 0.706. The Morgan fingerprint density at radius 2 is 2.20 bits per heavy atom. The van der Waals surface area contributed by atoms with Gasteiger partial charge in [-0.3, -0.25) is 0 Å². The lowest BCUT2D eigenvalue weighted by atomic mass is 10.2. The lowest BCUT2D eigenvalue weighted by molar-refractivity contribution is 0.205. The fourth-order valence-corrected chi connectivity index (χ4v) is 2.69. The Balaban J connectivity index is 2.02. The van der Waals surface area contributed by atoms with Gasteiger partial charge in [0, 0.05) is 26.2 Å². The second-order valence-corrected chi connectivity index (χ2v) is 5.79. The lowest BCUT2D eigenvalue weighted by Crippen LogP contribution is -2.29. The van der Waals surface area contributed by atoms with Crippen molar-refractivity contribution < 1.29 is 4.74 Å². The molecule has 0 aliphatic heterocycles. The molecule has 1 fully saturated rings. The number of hydrogen-bond donors (Lipinski definition) is 1. The smallest absolute Gasteiger partial charge is 0.0642 e. The van der Waals surface area contributed by atoms with Crippen molar-refractivity contribution in [2.45, 2.75) is 38.8 Å². The SMILES string of the molecule is CCCNCc1ccc(N(CCOC)C2CC2)c(Cl)c1. The molecule has 1 aromatic carbocycles. The lowest BCUT2D eigenvalue weighted by Gasteiger charge is -2.25. The average Bonchev–Trinajstić information content (AvgIpc) is 3.26. The van der Waals surface area contributed by atoms with Gasteiger partial charge in [0.05, 0.1) is 17.3 Å². The first kappa shape index (κ1) is 15.6. The molecule has 0 unspecified atom stereocenters. The normalized spacial score (nSPS) is 14.6. The van der Waals surface area contributed by atoms with Crippen LogP contribution in [-0.4, -0.2) is 32.8 Å². The van der Waals surface area contributed by atoms with Crippen LogP contribution in [0.5, 0.6) is 0 Å². The number of nitrogens with one attached hydrogen (secondary N) is 1. The highest BCUT2D eigenvalue weighted by atomic mass is 35.5. The van der Waals surface area contributed by atoms with Crippen molar-refractivity contribution in [3.8, 4) is 0 Å². The van der Waals surface area contributed by atoms with Crippen molar-refractivity contribution in [2.24, 2.45) is 0 Å². The summed E-state index contributed by atoms with van der Waals surface area (Å²) in [5, 5.41) is 4.26. The Morgan fingerprint density at radius 3 is 2.80 bits per heavy atom. The molecular formula is C16H25ClN2O. The number of rotatable bonds is 9. The van der Waals surface area contributed by atoms with E-state index in [0.717, 1.165) is 43.4 Å². The van der Waals surface area contributed by atoms with Crippen LogP contribution < -0.4 is 10.2 Å². The average molecular weight is 297 g/mol.